The molecule has 0 bridgehead atoms. The van der Waals surface area contributed by atoms with Crippen LogP contribution < -0.4 is 0 Å². The van der Waals surface area contributed by atoms with Crippen LogP contribution in [-0.4, -0.2) is 18.4 Å². The fourth-order valence-corrected chi connectivity index (χ4v) is 2.88. The van der Waals surface area contributed by atoms with Crippen LogP contribution in [0, 0.1) is 11.8 Å². The molecule has 0 heterocycles. The van der Waals surface area contributed by atoms with Crippen molar-refractivity contribution < 1.29 is 14.3 Å². The minimum atomic E-state index is -0.161. The van der Waals surface area contributed by atoms with E-state index in [2.05, 4.69) is 6.92 Å². The van der Waals surface area contributed by atoms with Crippen LogP contribution in [0.4, 0.5) is 0 Å². The molecule has 0 spiro atoms. The molecule has 1 saturated carbocycles. The summed E-state index contributed by atoms with van der Waals surface area (Å²) in [6, 6.07) is 0. The number of ether oxygens (including phenoxy) is 1. The molecular weight excluding hydrogens is 252 g/mol. The Kier molecular flexibility index (Phi) is 8.24. The third-order valence-corrected chi connectivity index (χ3v) is 4.03. The Morgan fingerprint density at radius 2 is 2.10 bits per heavy atom. The molecule has 20 heavy (non-hydrogen) atoms. The first-order chi connectivity index (χ1) is 9.69. The third kappa shape index (κ3) is 5.89. The number of unbranched alkanes of at least 4 members (excludes halogenated alkanes) is 2. The molecule has 1 aliphatic carbocycles. The van der Waals surface area contributed by atoms with Crippen molar-refractivity contribution in [3.8, 4) is 0 Å². The second-order valence-electron chi connectivity index (χ2n) is 5.63. The maximum atomic E-state index is 11.9. The summed E-state index contributed by atoms with van der Waals surface area (Å²) in [5.41, 5.74) is 0. The molecule has 0 aliphatic heterocycles. The van der Waals surface area contributed by atoms with Gasteiger partial charge in [0.15, 0.2) is 0 Å². The quantitative estimate of drug-likeness (QED) is 0.363. The minimum Gasteiger partial charge on any atom is -0.461 e. The number of allylic oxidation sites excluding steroid dienone is 1. The Balaban J connectivity index is 2.34. The van der Waals surface area contributed by atoms with Crippen LogP contribution in [0.2, 0.25) is 0 Å². The van der Waals surface area contributed by atoms with E-state index in [0.717, 1.165) is 32.1 Å². The van der Waals surface area contributed by atoms with Gasteiger partial charge in [0.05, 0.1) is 0 Å². The van der Waals surface area contributed by atoms with Gasteiger partial charge in [-0.2, -0.15) is 0 Å². The highest BCUT2D eigenvalue weighted by Gasteiger charge is 2.35. The van der Waals surface area contributed by atoms with E-state index in [9.17, 15) is 9.59 Å². The lowest BCUT2D eigenvalue weighted by Gasteiger charge is -2.17. The summed E-state index contributed by atoms with van der Waals surface area (Å²) in [6.07, 6.45) is 11.1. The van der Waals surface area contributed by atoms with E-state index in [1.807, 2.05) is 19.1 Å². The topological polar surface area (TPSA) is 43.4 Å². The molecule has 0 saturated heterocycles. The Labute approximate surface area is 122 Å². The molecule has 0 aromatic rings. The molecule has 3 heteroatoms. The largest absolute Gasteiger partial charge is 0.461 e. The van der Waals surface area contributed by atoms with Crippen molar-refractivity contribution in [2.75, 3.05) is 6.61 Å². The van der Waals surface area contributed by atoms with E-state index in [1.54, 1.807) is 0 Å². The van der Waals surface area contributed by atoms with Gasteiger partial charge in [-0.05, 0) is 25.2 Å². The van der Waals surface area contributed by atoms with Gasteiger partial charge in [0.1, 0.15) is 12.4 Å². The van der Waals surface area contributed by atoms with Crippen molar-refractivity contribution in [3.63, 3.8) is 0 Å². The van der Waals surface area contributed by atoms with Crippen molar-refractivity contribution in [2.24, 2.45) is 11.8 Å². The lowest BCUT2D eigenvalue weighted by molar-refractivity contribution is -0.143. The monoisotopic (exact) mass is 280 g/mol. The van der Waals surface area contributed by atoms with Gasteiger partial charge in [-0.15, -0.1) is 0 Å². The van der Waals surface area contributed by atoms with Gasteiger partial charge >= 0.3 is 5.97 Å². The number of hydrogen-bond donors (Lipinski definition) is 0. The van der Waals surface area contributed by atoms with Crippen LogP contribution in [0.5, 0.6) is 0 Å². The summed E-state index contributed by atoms with van der Waals surface area (Å²) in [7, 11) is 0. The van der Waals surface area contributed by atoms with Crippen molar-refractivity contribution in [1.82, 2.24) is 0 Å². The highest BCUT2D eigenvalue weighted by atomic mass is 16.5. The number of carbonyl (C=O) groups is 2. The van der Waals surface area contributed by atoms with Gasteiger partial charge < -0.3 is 4.74 Å². The van der Waals surface area contributed by atoms with Gasteiger partial charge in [-0.3, -0.25) is 9.59 Å². The second-order valence-corrected chi connectivity index (χ2v) is 5.63. The molecule has 1 aliphatic rings. The minimum absolute atomic E-state index is 0.0975. The van der Waals surface area contributed by atoms with Crippen molar-refractivity contribution in [1.29, 1.82) is 0 Å². The maximum Gasteiger partial charge on any atom is 0.306 e. The first kappa shape index (κ1) is 16.9. The molecule has 1 fully saturated rings. The van der Waals surface area contributed by atoms with E-state index < -0.39 is 0 Å². The number of Topliss-reactive ketones (excluding diaryl/α,β-unsaturated/α-hetero) is 1. The normalized spacial score (nSPS) is 22.6. The molecule has 3 nitrogen and oxygen atoms in total. The average molecular weight is 280 g/mol. The van der Waals surface area contributed by atoms with E-state index in [1.165, 1.54) is 6.42 Å². The van der Waals surface area contributed by atoms with Gasteiger partial charge in [-0.25, -0.2) is 0 Å². The lowest BCUT2D eigenvalue weighted by atomic mass is 9.88. The van der Waals surface area contributed by atoms with Crippen LogP contribution in [0.3, 0.4) is 0 Å². The SMILES string of the molecule is CC/C=C\COC(=O)CC1CCC(=O)C1CCCCC. The number of hydrogen-bond acceptors (Lipinski definition) is 3. The zero-order chi connectivity index (χ0) is 14.8. The highest BCUT2D eigenvalue weighted by molar-refractivity contribution is 5.84. The number of rotatable bonds is 9. The summed E-state index contributed by atoms with van der Waals surface area (Å²) >= 11 is 0. The van der Waals surface area contributed by atoms with Gasteiger partial charge in [-0.1, -0.05) is 45.3 Å². The van der Waals surface area contributed by atoms with Crippen LogP contribution in [0.25, 0.3) is 0 Å². The van der Waals surface area contributed by atoms with Gasteiger partial charge in [0, 0.05) is 18.8 Å². The zero-order valence-corrected chi connectivity index (χ0v) is 12.9. The molecule has 1 rings (SSSR count). The van der Waals surface area contributed by atoms with E-state index in [-0.39, 0.29) is 17.8 Å². The molecule has 0 aromatic carbocycles. The van der Waals surface area contributed by atoms with E-state index in [0.29, 0.717) is 25.2 Å². The summed E-state index contributed by atoms with van der Waals surface area (Å²) < 4.78 is 5.18. The Morgan fingerprint density at radius 3 is 2.80 bits per heavy atom. The molecule has 2 unspecified atom stereocenters. The summed E-state index contributed by atoms with van der Waals surface area (Å²) in [4.78, 5) is 23.7. The number of esters is 1. The number of carbonyl (C=O) groups excluding carboxylic acids is 2. The molecule has 0 N–H and O–H groups in total. The summed E-state index contributed by atoms with van der Waals surface area (Å²) in [6.45, 7) is 4.56. The predicted molar refractivity (Wildman–Crippen MR) is 80.4 cm³/mol. The smallest absolute Gasteiger partial charge is 0.306 e. The Morgan fingerprint density at radius 1 is 1.30 bits per heavy atom. The maximum absolute atomic E-state index is 11.9. The van der Waals surface area contributed by atoms with Crippen LogP contribution >= 0.6 is 0 Å². The molecular formula is C17H28O3. The van der Waals surface area contributed by atoms with Crippen molar-refractivity contribution in [2.45, 2.75) is 65.2 Å². The van der Waals surface area contributed by atoms with E-state index >= 15 is 0 Å². The van der Waals surface area contributed by atoms with Crippen molar-refractivity contribution in [3.05, 3.63) is 12.2 Å². The summed E-state index contributed by atoms with van der Waals surface area (Å²) in [5, 5.41) is 0. The molecule has 114 valence electrons. The molecule has 0 aromatic heterocycles. The second kappa shape index (κ2) is 9.73. The van der Waals surface area contributed by atoms with Crippen LogP contribution in [-0.2, 0) is 14.3 Å². The van der Waals surface area contributed by atoms with Crippen LogP contribution in [0.1, 0.15) is 65.2 Å². The lowest BCUT2D eigenvalue weighted by Crippen LogP contribution is -2.19. The highest BCUT2D eigenvalue weighted by Crippen LogP contribution is 2.35. The average Bonchev–Trinajstić information content (AvgIpc) is 2.77. The predicted octanol–water partition coefficient (Wildman–Crippen LogP) is 4.06. The summed E-state index contributed by atoms with van der Waals surface area (Å²) in [5.74, 6) is 0.498. The van der Waals surface area contributed by atoms with Gasteiger partial charge in [0.2, 0.25) is 0 Å². The zero-order valence-electron chi connectivity index (χ0n) is 12.9. The molecule has 0 radical (unpaired) electrons. The van der Waals surface area contributed by atoms with Crippen LogP contribution in [0.15, 0.2) is 12.2 Å². The fraction of sp³-hybridized carbons (Fsp3) is 0.765. The molecule has 0 amide bonds. The third-order valence-electron chi connectivity index (χ3n) is 4.03. The first-order valence-electron chi connectivity index (χ1n) is 8.02. The van der Waals surface area contributed by atoms with Gasteiger partial charge in [0.25, 0.3) is 0 Å². The first-order valence-corrected chi connectivity index (χ1v) is 8.02. The number of ketones is 1. The fourth-order valence-electron chi connectivity index (χ4n) is 2.88. The standard InChI is InChI=1S/C17H28O3/c1-3-5-7-9-15-14(10-11-16(15)18)13-17(19)20-12-8-6-4-2/h6,8,14-15H,3-5,7,9-13H2,1-2H3/b8-6-. The Bertz CT molecular complexity index is 333. The Hall–Kier alpha value is -1.12. The molecule has 2 atom stereocenters. The van der Waals surface area contributed by atoms with Crippen molar-refractivity contribution >= 4 is 11.8 Å². The van der Waals surface area contributed by atoms with E-state index in [4.69, 9.17) is 4.74 Å².